The zero-order valence-corrected chi connectivity index (χ0v) is 18.0. The van der Waals surface area contributed by atoms with Gasteiger partial charge in [0, 0.05) is 30.9 Å². The van der Waals surface area contributed by atoms with Crippen LogP contribution in [-0.4, -0.2) is 71.0 Å². The average molecular weight is 441 g/mol. The van der Waals surface area contributed by atoms with Gasteiger partial charge in [0.05, 0.1) is 19.2 Å². The summed E-state index contributed by atoms with van der Waals surface area (Å²) in [4.78, 5) is 37.4. The van der Waals surface area contributed by atoms with Crippen molar-refractivity contribution in [3.8, 4) is 0 Å². The maximum absolute atomic E-state index is 13.9. The number of hydrogen-bond donors (Lipinski definition) is 0. The highest BCUT2D eigenvalue weighted by Crippen LogP contribution is 2.37. The molecule has 3 saturated heterocycles. The van der Waals surface area contributed by atoms with Crippen molar-refractivity contribution in [2.45, 2.75) is 31.0 Å². The topological polar surface area (TPSA) is 66.0 Å². The van der Waals surface area contributed by atoms with Gasteiger partial charge in [-0.15, -0.1) is 0 Å². The van der Waals surface area contributed by atoms with Crippen LogP contribution in [0.5, 0.6) is 0 Å². The molecule has 1 unspecified atom stereocenters. The lowest BCUT2D eigenvalue weighted by Gasteiger charge is -2.48. The third-order valence-corrected chi connectivity index (χ3v) is 6.86. The third kappa shape index (κ3) is 3.66. The Morgan fingerprint density at radius 2 is 2.00 bits per heavy atom. The Morgan fingerprint density at radius 3 is 2.71 bits per heavy atom. The highest BCUT2D eigenvalue weighted by Gasteiger charge is 2.57. The van der Waals surface area contributed by atoms with Gasteiger partial charge >= 0.3 is 0 Å². The maximum atomic E-state index is 13.9. The molecule has 3 aliphatic heterocycles. The molecule has 1 aromatic carbocycles. The van der Waals surface area contributed by atoms with E-state index in [-0.39, 0.29) is 24.4 Å². The molecule has 1 aromatic heterocycles. The molecule has 4 heterocycles. The van der Waals surface area contributed by atoms with E-state index >= 15 is 0 Å². The molecular weight excluding hydrogens is 416 g/mol. The van der Waals surface area contributed by atoms with Gasteiger partial charge < -0.3 is 19.4 Å². The van der Waals surface area contributed by atoms with Crippen molar-refractivity contribution in [3.63, 3.8) is 0 Å². The number of carbonyl (C=O) groups excluding carboxylic acids is 2. The first-order chi connectivity index (χ1) is 15.1. The molecule has 0 bridgehead atoms. The number of anilines is 1. The quantitative estimate of drug-likeness (QED) is 0.730. The summed E-state index contributed by atoms with van der Waals surface area (Å²) < 4.78 is 5.52. The number of carbonyl (C=O) groups is 2. The SMILES string of the molecule is O=C1CN([C@H]2CCOC2)C(=O)C2(CCN(c3ccccn3)C2)N1Cc1ccc(Cl)cc1. The van der Waals surface area contributed by atoms with Gasteiger partial charge in [0.15, 0.2) is 0 Å². The second-order valence-electron chi connectivity index (χ2n) is 8.45. The van der Waals surface area contributed by atoms with Crippen LogP contribution in [0.1, 0.15) is 18.4 Å². The molecule has 3 fully saturated rings. The predicted molar refractivity (Wildman–Crippen MR) is 117 cm³/mol. The standard InChI is InChI=1S/C23H25ClN4O3/c24-18-6-4-17(5-7-18)13-28-21(29)14-27(19-8-12-31-15-19)22(30)23(28)9-11-26(16-23)20-3-1-2-10-25-20/h1-7,10,19H,8-9,11-16H2/t19-,23?/m0/s1. The van der Waals surface area contributed by atoms with Crippen molar-refractivity contribution in [2.75, 3.05) is 37.7 Å². The molecule has 2 aromatic rings. The molecule has 7 nitrogen and oxygen atoms in total. The Balaban J connectivity index is 1.49. The predicted octanol–water partition coefficient (Wildman–Crippen LogP) is 2.34. The molecule has 5 rings (SSSR count). The zero-order valence-electron chi connectivity index (χ0n) is 17.2. The summed E-state index contributed by atoms with van der Waals surface area (Å²) in [5.74, 6) is 0.826. The Kier molecular flexibility index (Phi) is 5.32. The van der Waals surface area contributed by atoms with Crippen molar-refractivity contribution in [3.05, 3.63) is 59.2 Å². The van der Waals surface area contributed by atoms with Gasteiger partial charge in [-0.1, -0.05) is 29.8 Å². The molecule has 3 aliphatic rings. The van der Waals surface area contributed by atoms with Crippen molar-refractivity contribution < 1.29 is 14.3 Å². The van der Waals surface area contributed by atoms with E-state index in [0.717, 1.165) is 17.8 Å². The maximum Gasteiger partial charge on any atom is 0.251 e. The number of halogens is 1. The van der Waals surface area contributed by atoms with Crippen LogP contribution >= 0.6 is 11.6 Å². The van der Waals surface area contributed by atoms with Crippen molar-refractivity contribution in [1.82, 2.24) is 14.8 Å². The number of amides is 2. The largest absolute Gasteiger partial charge is 0.379 e. The van der Waals surface area contributed by atoms with E-state index in [9.17, 15) is 9.59 Å². The lowest BCUT2D eigenvalue weighted by atomic mass is 9.89. The lowest BCUT2D eigenvalue weighted by Crippen LogP contribution is -2.70. The van der Waals surface area contributed by atoms with Crippen molar-refractivity contribution in [1.29, 1.82) is 0 Å². The molecule has 2 amide bonds. The van der Waals surface area contributed by atoms with E-state index in [1.807, 2.05) is 42.5 Å². The summed E-state index contributed by atoms with van der Waals surface area (Å²) in [6.45, 7) is 2.72. The zero-order chi connectivity index (χ0) is 21.4. The molecule has 2 atom stereocenters. The van der Waals surface area contributed by atoms with Crippen LogP contribution < -0.4 is 4.90 Å². The lowest BCUT2D eigenvalue weighted by molar-refractivity contribution is -0.166. The van der Waals surface area contributed by atoms with Crippen LogP contribution in [0.3, 0.4) is 0 Å². The first-order valence-electron chi connectivity index (χ1n) is 10.7. The van der Waals surface area contributed by atoms with Gasteiger partial charge in [-0.05, 0) is 42.7 Å². The van der Waals surface area contributed by atoms with Gasteiger partial charge in [-0.25, -0.2) is 4.98 Å². The van der Waals surface area contributed by atoms with E-state index in [1.165, 1.54) is 0 Å². The minimum absolute atomic E-state index is 0.0231. The van der Waals surface area contributed by atoms with Crippen LogP contribution in [0.15, 0.2) is 48.7 Å². The molecule has 0 N–H and O–H groups in total. The van der Waals surface area contributed by atoms with E-state index in [1.54, 1.807) is 16.0 Å². The molecule has 162 valence electrons. The Morgan fingerprint density at radius 1 is 1.16 bits per heavy atom. The normalized spacial score (nSPS) is 26.4. The summed E-state index contributed by atoms with van der Waals surface area (Å²) in [6, 6.07) is 13.2. The van der Waals surface area contributed by atoms with Crippen molar-refractivity contribution in [2.24, 2.45) is 0 Å². The number of benzene rings is 1. The van der Waals surface area contributed by atoms with Gasteiger partial charge in [-0.3, -0.25) is 9.59 Å². The van der Waals surface area contributed by atoms with Crippen LogP contribution in [-0.2, 0) is 20.9 Å². The van der Waals surface area contributed by atoms with Crippen LogP contribution in [0, 0.1) is 0 Å². The first-order valence-corrected chi connectivity index (χ1v) is 11.0. The van der Waals surface area contributed by atoms with Crippen LogP contribution in [0.25, 0.3) is 0 Å². The molecule has 0 saturated carbocycles. The number of nitrogens with zero attached hydrogens (tertiary/aromatic N) is 4. The van der Waals surface area contributed by atoms with Crippen LogP contribution in [0.4, 0.5) is 5.82 Å². The Bertz CT molecular complexity index is 965. The third-order valence-electron chi connectivity index (χ3n) is 6.60. The fraction of sp³-hybridized carbons (Fsp3) is 0.435. The fourth-order valence-corrected chi connectivity index (χ4v) is 5.05. The molecule has 31 heavy (non-hydrogen) atoms. The second kappa shape index (κ2) is 8.13. The van der Waals surface area contributed by atoms with Gasteiger partial charge in [0.25, 0.3) is 5.91 Å². The van der Waals surface area contributed by atoms with E-state index < -0.39 is 5.54 Å². The molecule has 0 radical (unpaired) electrons. The number of hydrogen-bond acceptors (Lipinski definition) is 5. The Hall–Kier alpha value is -2.64. The van der Waals surface area contributed by atoms with E-state index in [4.69, 9.17) is 16.3 Å². The highest BCUT2D eigenvalue weighted by molar-refractivity contribution is 6.30. The number of pyridine rings is 1. The van der Waals surface area contributed by atoms with Crippen LogP contribution in [0.2, 0.25) is 5.02 Å². The Labute approximate surface area is 186 Å². The number of piperazine rings is 1. The first kappa shape index (κ1) is 20.3. The molecular formula is C23H25ClN4O3. The van der Waals surface area contributed by atoms with Gasteiger partial charge in [0.1, 0.15) is 17.9 Å². The summed E-state index contributed by atoms with van der Waals surface area (Å²) in [7, 11) is 0. The summed E-state index contributed by atoms with van der Waals surface area (Å²) in [6.07, 6.45) is 3.10. The molecule has 0 aliphatic carbocycles. The summed E-state index contributed by atoms with van der Waals surface area (Å²) in [5.41, 5.74) is 0.0496. The highest BCUT2D eigenvalue weighted by atomic mass is 35.5. The number of rotatable bonds is 4. The monoisotopic (exact) mass is 440 g/mol. The number of ether oxygens (including phenoxy) is 1. The smallest absolute Gasteiger partial charge is 0.251 e. The summed E-state index contributed by atoms with van der Waals surface area (Å²) in [5, 5.41) is 0.647. The molecule has 1 spiro atoms. The van der Waals surface area contributed by atoms with Gasteiger partial charge in [-0.2, -0.15) is 0 Å². The number of aromatic nitrogens is 1. The van der Waals surface area contributed by atoms with Gasteiger partial charge in [0.2, 0.25) is 5.91 Å². The molecule has 8 heteroatoms. The average Bonchev–Trinajstić information content (AvgIpc) is 3.47. The van der Waals surface area contributed by atoms with E-state index in [0.29, 0.717) is 44.3 Å². The summed E-state index contributed by atoms with van der Waals surface area (Å²) >= 11 is 6.04. The van der Waals surface area contributed by atoms with Crippen molar-refractivity contribution >= 4 is 29.2 Å². The minimum atomic E-state index is -0.908. The minimum Gasteiger partial charge on any atom is -0.379 e. The second-order valence-corrected chi connectivity index (χ2v) is 8.88. The fourth-order valence-electron chi connectivity index (χ4n) is 4.92. The van der Waals surface area contributed by atoms with E-state index in [2.05, 4.69) is 9.88 Å².